The van der Waals surface area contributed by atoms with E-state index in [4.69, 9.17) is 4.74 Å². The summed E-state index contributed by atoms with van der Waals surface area (Å²) in [4.78, 5) is 19.0. The fraction of sp³-hybridized carbons (Fsp3) is 0.500. The Kier molecular flexibility index (Phi) is 6.51. The van der Waals surface area contributed by atoms with Gasteiger partial charge in [-0.3, -0.25) is 9.89 Å². The molecule has 0 bridgehead atoms. The van der Waals surface area contributed by atoms with Gasteiger partial charge in [0.05, 0.1) is 12.9 Å². The molecule has 140 valence electrons. The molecule has 1 aliphatic heterocycles. The van der Waals surface area contributed by atoms with Crippen molar-refractivity contribution in [2.45, 2.75) is 31.0 Å². The molecule has 0 unspecified atom stereocenters. The highest BCUT2D eigenvalue weighted by Gasteiger charge is 2.19. The number of aromatic nitrogens is 3. The van der Waals surface area contributed by atoms with Crippen LogP contribution in [-0.4, -0.2) is 64.5 Å². The molecule has 0 atom stereocenters. The second-order valence-corrected chi connectivity index (χ2v) is 7.20. The third-order valence-electron chi connectivity index (χ3n) is 4.56. The third kappa shape index (κ3) is 4.98. The molecule has 1 aromatic carbocycles. The Hall–Kier alpha value is -2.06. The van der Waals surface area contributed by atoms with Gasteiger partial charge >= 0.3 is 0 Å². The molecule has 1 amide bonds. The van der Waals surface area contributed by atoms with Crippen LogP contribution in [0.2, 0.25) is 0 Å². The summed E-state index contributed by atoms with van der Waals surface area (Å²) >= 11 is 1.34. The lowest BCUT2D eigenvalue weighted by atomic mass is 10.1. The topological polar surface area (TPSA) is 83.1 Å². The maximum absolute atomic E-state index is 12.2. The highest BCUT2D eigenvalue weighted by molar-refractivity contribution is 7.99. The number of methoxy groups -OCH3 is 1. The van der Waals surface area contributed by atoms with Crippen molar-refractivity contribution in [2.24, 2.45) is 0 Å². The maximum Gasteiger partial charge on any atom is 0.230 e. The number of thioether (sulfide) groups is 1. The lowest BCUT2D eigenvalue weighted by molar-refractivity contribution is -0.119. The lowest BCUT2D eigenvalue weighted by Crippen LogP contribution is -2.45. The first-order valence-corrected chi connectivity index (χ1v) is 9.88. The number of piperidine rings is 1. The van der Waals surface area contributed by atoms with Crippen molar-refractivity contribution in [3.05, 3.63) is 24.3 Å². The van der Waals surface area contributed by atoms with Crippen molar-refractivity contribution in [3.8, 4) is 17.1 Å². The van der Waals surface area contributed by atoms with Crippen LogP contribution in [0, 0.1) is 0 Å². The third-order valence-corrected chi connectivity index (χ3v) is 5.41. The number of hydrogen-bond donors (Lipinski definition) is 2. The molecule has 1 aliphatic rings. The average molecular weight is 375 g/mol. The van der Waals surface area contributed by atoms with E-state index in [1.807, 2.05) is 24.3 Å². The van der Waals surface area contributed by atoms with Crippen molar-refractivity contribution in [3.63, 3.8) is 0 Å². The van der Waals surface area contributed by atoms with Gasteiger partial charge < -0.3 is 15.0 Å². The van der Waals surface area contributed by atoms with E-state index in [1.54, 1.807) is 7.11 Å². The minimum Gasteiger partial charge on any atom is -0.497 e. The molecule has 3 rings (SSSR count). The zero-order valence-electron chi connectivity index (χ0n) is 15.2. The first kappa shape index (κ1) is 18.7. The van der Waals surface area contributed by atoms with Gasteiger partial charge in [-0.15, -0.1) is 5.10 Å². The SMILES string of the molecule is CCN1CCC(NC(=O)CSc2n[nH]c(-c3ccc(OC)cc3)n2)CC1. The molecule has 26 heavy (non-hydrogen) atoms. The van der Waals surface area contributed by atoms with E-state index in [0.29, 0.717) is 16.7 Å². The predicted octanol–water partition coefficient (Wildman–Crippen LogP) is 2.17. The molecule has 8 heteroatoms. The van der Waals surface area contributed by atoms with Crippen LogP contribution < -0.4 is 10.1 Å². The van der Waals surface area contributed by atoms with Crippen LogP contribution in [0.15, 0.2) is 29.4 Å². The van der Waals surface area contributed by atoms with Crippen LogP contribution in [-0.2, 0) is 4.79 Å². The molecule has 0 spiro atoms. The van der Waals surface area contributed by atoms with Crippen LogP contribution >= 0.6 is 11.8 Å². The van der Waals surface area contributed by atoms with E-state index >= 15 is 0 Å². The molecule has 0 radical (unpaired) electrons. The van der Waals surface area contributed by atoms with E-state index in [1.165, 1.54) is 11.8 Å². The van der Waals surface area contributed by atoms with Gasteiger partial charge in [-0.05, 0) is 43.7 Å². The second-order valence-electron chi connectivity index (χ2n) is 6.26. The summed E-state index contributed by atoms with van der Waals surface area (Å²) in [6, 6.07) is 7.88. The number of hydrogen-bond acceptors (Lipinski definition) is 6. The Morgan fingerprint density at radius 2 is 2.08 bits per heavy atom. The number of amides is 1. The minimum atomic E-state index is 0.0424. The molecule has 0 saturated carbocycles. The van der Waals surface area contributed by atoms with Gasteiger partial charge in [0, 0.05) is 24.7 Å². The van der Waals surface area contributed by atoms with Gasteiger partial charge in [-0.1, -0.05) is 18.7 Å². The summed E-state index contributed by atoms with van der Waals surface area (Å²) < 4.78 is 5.15. The zero-order chi connectivity index (χ0) is 18.4. The van der Waals surface area contributed by atoms with Gasteiger partial charge in [0.25, 0.3) is 0 Å². The van der Waals surface area contributed by atoms with Crippen LogP contribution in [0.1, 0.15) is 19.8 Å². The number of nitrogens with zero attached hydrogens (tertiary/aromatic N) is 3. The van der Waals surface area contributed by atoms with Crippen molar-refractivity contribution in [1.82, 2.24) is 25.4 Å². The highest BCUT2D eigenvalue weighted by Crippen LogP contribution is 2.21. The summed E-state index contributed by atoms with van der Waals surface area (Å²) in [7, 11) is 1.64. The number of ether oxygens (including phenoxy) is 1. The predicted molar refractivity (Wildman–Crippen MR) is 102 cm³/mol. The quantitative estimate of drug-likeness (QED) is 0.722. The van der Waals surface area contributed by atoms with Crippen molar-refractivity contribution in [1.29, 1.82) is 0 Å². The van der Waals surface area contributed by atoms with Crippen LogP contribution in [0.5, 0.6) is 5.75 Å². The Morgan fingerprint density at radius 1 is 1.35 bits per heavy atom. The second kappa shape index (κ2) is 9.05. The molecular weight excluding hydrogens is 350 g/mol. The van der Waals surface area contributed by atoms with E-state index in [0.717, 1.165) is 43.8 Å². The first-order chi connectivity index (χ1) is 12.7. The number of benzene rings is 1. The fourth-order valence-electron chi connectivity index (χ4n) is 2.98. The summed E-state index contributed by atoms with van der Waals surface area (Å²) in [5.74, 6) is 1.85. The molecule has 1 saturated heterocycles. The summed E-state index contributed by atoms with van der Waals surface area (Å²) in [6.45, 7) is 5.37. The number of rotatable bonds is 7. The smallest absolute Gasteiger partial charge is 0.230 e. The zero-order valence-corrected chi connectivity index (χ0v) is 16.0. The molecule has 2 heterocycles. The van der Waals surface area contributed by atoms with Crippen LogP contribution in [0.3, 0.4) is 0 Å². The van der Waals surface area contributed by atoms with Gasteiger partial charge in [-0.2, -0.15) is 0 Å². The Balaban J connectivity index is 1.46. The normalized spacial score (nSPS) is 15.8. The Morgan fingerprint density at radius 3 is 2.73 bits per heavy atom. The standard InChI is InChI=1S/C18H25N5O2S/c1-3-23-10-8-14(9-11-23)19-16(24)12-26-18-20-17(21-22-18)13-4-6-15(25-2)7-5-13/h4-7,14H,3,8-12H2,1-2H3,(H,19,24)(H,20,21,22). The molecule has 2 N–H and O–H groups in total. The highest BCUT2D eigenvalue weighted by atomic mass is 32.2. The Labute approximate surface area is 157 Å². The fourth-order valence-corrected chi connectivity index (χ4v) is 3.59. The minimum absolute atomic E-state index is 0.0424. The van der Waals surface area contributed by atoms with Crippen LogP contribution in [0.25, 0.3) is 11.4 Å². The van der Waals surface area contributed by atoms with E-state index in [2.05, 4.69) is 32.3 Å². The average Bonchev–Trinajstić information content (AvgIpc) is 3.16. The van der Waals surface area contributed by atoms with Crippen molar-refractivity contribution >= 4 is 17.7 Å². The summed E-state index contributed by atoms with van der Waals surface area (Å²) in [5.41, 5.74) is 0.928. The molecule has 1 fully saturated rings. The number of carbonyl (C=O) groups excluding carboxylic acids is 1. The number of aromatic amines is 1. The van der Waals surface area contributed by atoms with Crippen LogP contribution in [0.4, 0.5) is 0 Å². The van der Waals surface area contributed by atoms with Gasteiger partial charge in [-0.25, -0.2) is 4.98 Å². The Bertz CT molecular complexity index is 711. The van der Waals surface area contributed by atoms with E-state index in [-0.39, 0.29) is 11.9 Å². The summed E-state index contributed by atoms with van der Waals surface area (Å²) in [5, 5.41) is 10.8. The maximum atomic E-state index is 12.2. The first-order valence-electron chi connectivity index (χ1n) is 8.89. The van der Waals surface area contributed by atoms with E-state index in [9.17, 15) is 4.79 Å². The number of carbonyl (C=O) groups is 1. The monoisotopic (exact) mass is 375 g/mol. The van der Waals surface area contributed by atoms with Crippen molar-refractivity contribution in [2.75, 3.05) is 32.5 Å². The molecule has 0 aliphatic carbocycles. The number of likely N-dealkylation sites (tertiary alicyclic amines) is 1. The largest absolute Gasteiger partial charge is 0.497 e. The number of H-pyrrole nitrogens is 1. The molecule has 1 aromatic heterocycles. The van der Waals surface area contributed by atoms with E-state index < -0.39 is 0 Å². The van der Waals surface area contributed by atoms with Gasteiger partial charge in [0.15, 0.2) is 5.82 Å². The molecule has 7 nitrogen and oxygen atoms in total. The van der Waals surface area contributed by atoms with Gasteiger partial charge in [0.2, 0.25) is 11.1 Å². The lowest BCUT2D eigenvalue weighted by Gasteiger charge is -2.31. The molecular formula is C18H25N5O2S. The van der Waals surface area contributed by atoms with Crippen molar-refractivity contribution < 1.29 is 9.53 Å². The van der Waals surface area contributed by atoms with Gasteiger partial charge in [0.1, 0.15) is 5.75 Å². The number of nitrogens with one attached hydrogen (secondary N) is 2. The summed E-state index contributed by atoms with van der Waals surface area (Å²) in [6.07, 6.45) is 2.04. The molecule has 2 aromatic rings.